The predicted octanol–water partition coefficient (Wildman–Crippen LogP) is 3.26. The molecule has 0 aromatic heterocycles. The summed E-state index contributed by atoms with van der Waals surface area (Å²) in [6, 6.07) is 4.96. The van der Waals surface area contributed by atoms with E-state index in [1.54, 1.807) is 19.1 Å². The van der Waals surface area contributed by atoms with Crippen LogP contribution in [0.2, 0.25) is 0 Å². The van der Waals surface area contributed by atoms with Crippen molar-refractivity contribution >= 4 is 11.4 Å². The molecule has 1 aliphatic rings. The van der Waals surface area contributed by atoms with E-state index in [0.717, 1.165) is 24.9 Å². The second kappa shape index (κ2) is 5.79. The molecule has 1 saturated carbocycles. The molecule has 2 N–H and O–H groups in total. The summed E-state index contributed by atoms with van der Waals surface area (Å²) < 4.78 is 0. The third kappa shape index (κ3) is 3.48. The Bertz CT molecular complexity index is 504. The van der Waals surface area contributed by atoms with Crippen LogP contribution in [0, 0.1) is 23.0 Å². The van der Waals surface area contributed by atoms with Gasteiger partial charge in [0.25, 0.3) is 5.69 Å². The summed E-state index contributed by atoms with van der Waals surface area (Å²) in [7, 11) is 0. The van der Waals surface area contributed by atoms with Gasteiger partial charge in [0, 0.05) is 23.9 Å². The molecule has 0 radical (unpaired) electrons. The maximum atomic E-state index is 10.8. The standard InChI is InChI=1S/C15H22N2O3/c1-11-4-3-7-15(18,9-11)10-16-13-5-6-14(17(19)20)12(2)8-13/h5-6,8,11,16,18H,3-4,7,9-10H2,1-2H3. The van der Waals surface area contributed by atoms with E-state index < -0.39 is 5.60 Å². The number of aryl methyl sites for hydroxylation is 1. The molecule has 5 heteroatoms. The molecule has 2 rings (SSSR count). The molecule has 1 aromatic carbocycles. The lowest BCUT2D eigenvalue weighted by Crippen LogP contribution is -2.41. The first-order valence-corrected chi connectivity index (χ1v) is 7.11. The Labute approximate surface area is 119 Å². The normalized spacial score (nSPS) is 26.2. The van der Waals surface area contributed by atoms with Crippen LogP contribution in [0.15, 0.2) is 18.2 Å². The Morgan fingerprint density at radius 2 is 2.30 bits per heavy atom. The molecule has 2 atom stereocenters. The number of anilines is 1. The van der Waals surface area contributed by atoms with Gasteiger partial charge in [0.1, 0.15) is 0 Å². The number of nitrogens with zero attached hydrogens (tertiary/aromatic N) is 1. The SMILES string of the molecule is Cc1cc(NCC2(O)CCCC(C)C2)ccc1[N+](=O)[O-]. The average molecular weight is 278 g/mol. The number of rotatable bonds is 4. The van der Waals surface area contributed by atoms with Crippen LogP contribution >= 0.6 is 0 Å². The summed E-state index contributed by atoms with van der Waals surface area (Å²) in [6.07, 6.45) is 3.86. The predicted molar refractivity (Wildman–Crippen MR) is 78.9 cm³/mol. The summed E-state index contributed by atoms with van der Waals surface area (Å²) >= 11 is 0. The Morgan fingerprint density at radius 1 is 1.55 bits per heavy atom. The van der Waals surface area contributed by atoms with E-state index in [2.05, 4.69) is 12.2 Å². The lowest BCUT2D eigenvalue weighted by Gasteiger charge is -2.35. The molecule has 0 bridgehead atoms. The Kier molecular flexibility index (Phi) is 4.28. The fourth-order valence-corrected chi connectivity index (χ4v) is 3.03. The van der Waals surface area contributed by atoms with Crippen LogP contribution in [0.5, 0.6) is 0 Å². The van der Waals surface area contributed by atoms with Gasteiger partial charge in [-0.05, 0) is 37.8 Å². The smallest absolute Gasteiger partial charge is 0.272 e. The van der Waals surface area contributed by atoms with Gasteiger partial charge in [-0.1, -0.05) is 19.8 Å². The number of nitrogens with one attached hydrogen (secondary N) is 1. The quantitative estimate of drug-likeness (QED) is 0.654. The van der Waals surface area contributed by atoms with E-state index in [9.17, 15) is 15.2 Å². The molecule has 0 saturated heterocycles. The second-order valence-electron chi connectivity index (χ2n) is 6.04. The van der Waals surface area contributed by atoms with E-state index >= 15 is 0 Å². The average Bonchev–Trinajstić information content (AvgIpc) is 2.36. The van der Waals surface area contributed by atoms with Gasteiger partial charge in [-0.25, -0.2) is 0 Å². The molecule has 0 heterocycles. The minimum atomic E-state index is -0.659. The summed E-state index contributed by atoms with van der Waals surface area (Å²) in [5, 5.41) is 24.5. The summed E-state index contributed by atoms with van der Waals surface area (Å²) in [5.41, 5.74) is 0.914. The summed E-state index contributed by atoms with van der Waals surface area (Å²) in [5.74, 6) is 0.550. The van der Waals surface area contributed by atoms with Crippen molar-refractivity contribution in [2.24, 2.45) is 5.92 Å². The van der Waals surface area contributed by atoms with Crippen molar-refractivity contribution in [2.45, 2.75) is 45.1 Å². The van der Waals surface area contributed by atoms with Crippen molar-refractivity contribution in [1.82, 2.24) is 0 Å². The van der Waals surface area contributed by atoms with E-state index in [-0.39, 0.29) is 10.6 Å². The molecule has 5 nitrogen and oxygen atoms in total. The maximum Gasteiger partial charge on any atom is 0.272 e. The second-order valence-corrected chi connectivity index (χ2v) is 6.04. The first-order valence-electron chi connectivity index (χ1n) is 7.11. The molecule has 2 unspecified atom stereocenters. The largest absolute Gasteiger partial charge is 0.388 e. The van der Waals surface area contributed by atoms with E-state index in [4.69, 9.17) is 0 Å². The van der Waals surface area contributed by atoms with Gasteiger partial charge in [0.05, 0.1) is 10.5 Å². The highest BCUT2D eigenvalue weighted by atomic mass is 16.6. The van der Waals surface area contributed by atoms with Crippen molar-refractivity contribution in [1.29, 1.82) is 0 Å². The zero-order valence-electron chi connectivity index (χ0n) is 12.1. The van der Waals surface area contributed by atoms with Crippen LogP contribution < -0.4 is 5.32 Å². The van der Waals surface area contributed by atoms with E-state index in [1.165, 1.54) is 12.5 Å². The number of aliphatic hydroxyl groups is 1. The third-order valence-electron chi connectivity index (χ3n) is 4.08. The van der Waals surface area contributed by atoms with Crippen molar-refractivity contribution in [2.75, 3.05) is 11.9 Å². The van der Waals surface area contributed by atoms with Crippen LogP contribution in [-0.4, -0.2) is 22.2 Å². The van der Waals surface area contributed by atoms with E-state index in [1.807, 2.05) is 0 Å². The maximum absolute atomic E-state index is 10.8. The summed E-state index contributed by atoms with van der Waals surface area (Å²) in [6.45, 7) is 4.38. The van der Waals surface area contributed by atoms with Gasteiger partial charge in [-0.15, -0.1) is 0 Å². The Hall–Kier alpha value is -1.62. The van der Waals surface area contributed by atoms with Gasteiger partial charge in [0.15, 0.2) is 0 Å². The number of hydrogen-bond donors (Lipinski definition) is 2. The minimum Gasteiger partial charge on any atom is -0.388 e. The van der Waals surface area contributed by atoms with E-state index in [0.29, 0.717) is 18.0 Å². The lowest BCUT2D eigenvalue weighted by atomic mass is 9.79. The molecule has 0 amide bonds. The number of nitro groups is 1. The zero-order chi connectivity index (χ0) is 14.8. The van der Waals surface area contributed by atoms with Crippen LogP contribution in [0.25, 0.3) is 0 Å². The number of nitro benzene ring substituents is 1. The molecular formula is C15H22N2O3. The van der Waals surface area contributed by atoms with Crippen LogP contribution in [0.4, 0.5) is 11.4 Å². The molecule has 1 aliphatic carbocycles. The van der Waals surface area contributed by atoms with Crippen molar-refractivity contribution in [3.05, 3.63) is 33.9 Å². The molecule has 110 valence electrons. The number of hydrogen-bond acceptors (Lipinski definition) is 4. The van der Waals surface area contributed by atoms with Crippen LogP contribution in [0.1, 0.15) is 38.2 Å². The van der Waals surface area contributed by atoms with Crippen molar-refractivity contribution < 1.29 is 10.0 Å². The van der Waals surface area contributed by atoms with Crippen molar-refractivity contribution in [3.63, 3.8) is 0 Å². The highest BCUT2D eigenvalue weighted by Gasteiger charge is 2.32. The molecule has 0 spiro atoms. The topological polar surface area (TPSA) is 75.4 Å². The minimum absolute atomic E-state index is 0.126. The first-order chi connectivity index (χ1) is 9.39. The first kappa shape index (κ1) is 14.8. The monoisotopic (exact) mass is 278 g/mol. The van der Waals surface area contributed by atoms with Gasteiger partial charge in [-0.3, -0.25) is 10.1 Å². The Morgan fingerprint density at radius 3 is 2.90 bits per heavy atom. The van der Waals surface area contributed by atoms with Crippen LogP contribution in [-0.2, 0) is 0 Å². The van der Waals surface area contributed by atoms with Gasteiger partial charge >= 0.3 is 0 Å². The fraction of sp³-hybridized carbons (Fsp3) is 0.600. The van der Waals surface area contributed by atoms with Crippen LogP contribution in [0.3, 0.4) is 0 Å². The molecule has 1 aromatic rings. The zero-order valence-corrected chi connectivity index (χ0v) is 12.1. The molecular weight excluding hydrogens is 256 g/mol. The van der Waals surface area contributed by atoms with Gasteiger partial charge < -0.3 is 10.4 Å². The molecule has 20 heavy (non-hydrogen) atoms. The van der Waals surface area contributed by atoms with Gasteiger partial charge in [0.2, 0.25) is 0 Å². The summed E-state index contributed by atoms with van der Waals surface area (Å²) in [4.78, 5) is 10.4. The van der Waals surface area contributed by atoms with Gasteiger partial charge in [-0.2, -0.15) is 0 Å². The Balaban J connectivity index is 2.00. The molecule has 1 fully saturated rings. The van der Waals surface area contributed by atoms with Crippen molar-refractivity contribution in [3.8, 4) is 0 Å². The lowest BCUT2D eigenvalue weighted by molar-refractivity contribution is -0.385. The third-order valence-corrected chi connectivity index (χ3v) is 4.08. The fourth-order valence-electron chi connectivity index (χ4n) is 3.03. The molecule has 0 aliphatic heterocycles. The number of benzene rings is 1. The highest BCUT2D eigenvalue weighted by Crippen LogP contribution is 2.32. The highest BCUT2D eigenvalue weighted by molar-refractivity contribution is 5.53.